The number of pyridine rings is 1. The molecule has 0 aliphatic rings. The Bertz CT molecular complexity index is 885. The first-order valence-corrected chi connectivity index (χ1v) is 10.7. The first-order chi connectivity index (χ1) is 13.3. The Morgan fingerprint density at radius 1 is 0.852 bits per heavy atom. The van der Waals surface area contributed by atoms with Crippen molar-refractivity contribution in [3.8, 4) is 5.88 Å². The van der Waals surface area contributed by atoms with Crippen LogP contribution in [0.25, 0.3) is 0 Å². The molecule has 136 valence electrons. The van der Waals surface area contributed by atoms with Crippen LogP contribution in [0, 0.1) is 0 Å². The van der Waals surface area contributed by atoms with E-state index in [1.165, 1.54) is 0 Å². The third-order valence-electron chi connectivity index (χ3n) is 3.86. The van der Waals surface area contributed by atoms with E-state index in [1.807, 2.05) is 34.3 Å². The lowest BCUT2D eigenvalue weighted by molar-refractivity contribution is 0.189. The number of hydrazine groups is 1. The number of thiophene rings is 3. The molecule has 1 amide bonds. The second-order valence-corrected chi connectivity index (χ2v) is 8.33. The number of carbonyl (C=O) groups is 1. The maximum atomic E-state index is 12.3. The molecule has 4 heterocycles. The summed E-state index contributed by atoms with van der Waals surface area (Å²) < 4.78 is 5.25. The summed E-state index contributed by atoms with van der Waals surface area (Å²) in [5.41, 5.74) is 5.26. The van der Waals surface area contributed by atoms with Gasteiger partial charge in [0.15, 0.2) is 0 Å². The Balaban J connectivity index is 1.66. The minimum Gasteiger partial charge on any atom is -0.390 e. The second-order valence-electron chi connectivity index (χ2n) is 5.49. The third-order valence-corrected chi connectivity index (χ3v) is 6.83. The number of hydrogen-bond donors (Lipinski definition) is 2. The lowest BCUT2D eigenvalue weighted by Gasteiger charge is -2.32. The van der Waals surface area contributed by atoms with Crippen molar-refractivity contribution in [2.45, 2.75) is 5.54 Å². The lowest BCUT2D eigenvalue weighted by Crippen LogP contribution is -2.53. The average molecular weight is 414 g/mol. The van der Waals surface area contributed by atoms with Gasteiger partial charge in [-0.05, 0) is 40.4 Å². The number of carbonyl (C=O) groups excluding carboxylic acids is 1. The number of ether oxygens (including phenoxy) is 1. The van der Waals surface area contributed by atoms with Crippen molar-refractivity contribution in [2.24, 2.45) is 0 Å². The molecule has 4 rings (SSSR count). The van der Waals surface area contributed by atoms with Gasteiger partial charge in [-0.25, -0.2) is 15.2 Å². The minimum absolute atomic E-state index is 0.241. The molecular weight excluding hydrogens is 398 g/mol. The number of amides is 1. The van der Waals surface area contributed by atoms with Gasteiger partial charge in [-0.3, -0.25) is 5.43 Å². The van der Waals surface area contributed by atoms with Crippen LogP contribution >= 0.6 is 34.0 Å². The maximum absolute atomic E-state index is 12.3. The molecule has 0 aromatic carbocycles. The Kier molecular flexibility index (Phi) is 5.30. The molecule has 0 atom stereocenters. The molecule has 0 fully saturated rings. The maximum Gasteiger partial charge on any atom is 0.428 e. The molecule has 0 saturated carbocycles. The van der Waals surface area contributed by atoms with E-state index in [1.54, 1.807) is 58.4 Å². The monoisotopic (exact) mass is 413 g/mol. The van der Waals surface area contributed by atoms with E-state index < -0.39 is 11.6 Å². The summed E-state index contributed by atoms with van der Waals surface area (Å²) in [5.74, 6) is 0.241. The van der Waals surface area contributed by atoms with Gasteiger partial charge in [-0.1, -0.05) is 24.3 Å². The van der Waals surface area contributed by atoms with Gasteiger partial charge in [-0.2, -0.15) is 0 Å². The Hall–Kier alpha value is -2.52. The van der Waals surface area contributed by atoms with E-state index in [9.17, 15) is 4.79 Å². The average Bonchev–Trinajstić information content (AvgIpc) is 3.46. The molecule has 8 heteroatoms. The predicted octanol–water partition coefficient (Wildman–Crippen LogP) is 4.85. The van der Waals surface area contributed by atoms with Crippen LogP contribution in [0.15, 0.2) is 76.9 Å². The van der Waals surface area contributed by atoms with Crippen LogP contribution in [0.3, 0.4) is 0 Å². The Morgan fingerprint density at radius 2 is 1.44 bits per heavy atom. The molecule has 2 N–H and O–H groups in total. The molecule has 0 aliphatic heterocycles. The molecular formula is C19H15N3O2S3. The quantitative estimate of drug-likeness (QED) is 0.444. The largest absolute Gasteiger partial charge is 0.428 e. The van der Waals surface area contributed by atoms with Crippen LogP contribution in [0.5, 0.6) is 5.88 Å². The first-order valence-electron chi connectivity index (χ1n) is 8.07. The second kappa shape index (κ2) is 8.01. The standard InChI is InChI=1S/C19H15N3O2S3/c23-18(24-17-9-1-2-10-20-17)21-22-19(14-6-3-11-25-14,15-7-4-12-26-15)16-8-5-13-27-16/h1-13,22H,(H,21,23). The third kappa shape index (κ3) is 3.65. The van der Waals surface area contributed by atoms with Gasteiger partial charge in [0, 0.05) is 26.9 Å². The van der Waals surface area contributed by atoms with Gasteiger partial charge in [-0.15, -0.1) is 34.0 Å². The van der Waals surface area contributed by atoms with Crippen LogP contribution in [0.1, 0.15) is 14.6 Å². The van der Waals surface area contributed by atoms with Gasteiger partial charge in [0.2, 0.25) is 5.88 Å². The van der Waals surface area contributed by atoms with Crippen molar-refractivity contribution >= 4 is 40.1 Å². The molecule has 0 aliphatic carbocycles. The number of aromatic nitrogens is 1. The zero-order valence-corrected chi connectivity index (χ0v) is 16.4. The highest BCUT2D eigenvalue weighted by Gasteiger charge is 2.40. The Morgan fingerprint density at radius 3 is 1.89 bits per heavy atom. The van der Waals surface area contributed by atoms with Gasteiger partial charge in [0.25, 0.3) is 0 Å². The summed E-state index contributed by atoms with van der Waals surface area (Å²) >= 11 is 4.89. The van der Waals surface area contributed by atoms with Gasteiger partial charge < -0.3 is 4.74 Å². The van der Waals surface area contributed by atoms with E-state index in [-0.39, 0.29) is 5.88 Å². The number of hydrogen-bond acceptors (Lipinski definition) is 7. The molecule has 0 saturated heterocycles. The van der Waals surface area contributed by atoms with Crippen LogP contribution in [-0.2, 0) is 5.54 Å². The highest BCUT2D eigenvalue weighted by molar-refractivity contribution is 7.13. The summed E-state index contributed by atoms with van der Waals surface area (Å²) in [6.45, 7) is 0. The fourth-order valence-electron chi connectivity index (χ4n) is 2.70. The van der Waals surface area contributed by atoms with E-state index in [0.717, 1.165) is 14.6 Å². The van der Waals surface area contributed by atoms with Crippen LogP contribution in [0.4, 0.5) is 4.79 Å². The van der Waals surface area contributed by atoms with E-state index in [2.05, 4.69) is 34.0 Å². The van der Waals surface area contributed by atoms with E-state index in [4.69, 9.17) is 4.74 Å². The SMILES string of the molecule is O=C(NNC(c1cccs1)(c1cccs1)c1cccs1)Oc1ccccn1. The van der Waals surface area contributed by atoms with E-state index in [0.29, 0.717) is 0 Å². The van der Waals surface area contributed by atoms with Gasteiger partial charge in [0.1, 0.15) is 5.54 Å². The number of rotatable bonds is 6. The topological polar surface area (TPSA) is 63.2 Å². The van der Waals surface area contributed by atoms with Crippen molar-refractivity contribution < 1.29 is 9.53 Å². The highest BCUT2D eigenvalue weighted by atomic mass is 32.1. The molecule has 27 heavy (non-hydrogen) atoms. The summed E-state index contributed by atoms with van der Waals surface area (Å²) in [6.07, 6.45) is 0.950. The highest BCUT2D eigenvalue weighted by Crippen LogP contribution is 2.42. The normalized spacial score (nSPS) is 11.3. The zero-order chi connectivity index (χ0) is 18.5. The van der Waals surface area contributed by atoms with Crippen LogP contribution < -0.4 is 15.6 Å². The lowest BCUT2D eigenvalue weighted by atomic mass is 9.94. The molecule has 5 nitrogen and oxygen atoms in total. The first kappa shape index (κ1) is 17.9. The van der Waals surface area contributed by atoms with Crippen molar-refractivity contribution in [3.63, 3.8) is 0 Å². The van der Waals surface area contributed by atoms with Crippen molar-refractivity contribution in [1.82, 2.24) is 15.8 Å². The summed E-state index contributed by atoms with van der Waals surface area (Å²) in [7, 11) is 0. The summed E-state index contributed by atoms with van der Waals surface area (Å²) in [6, 6.07) is 17.3. The summed E-state index contributed by atoms with van der Waals surface area (Å²) in [5, 5.41) is 6.08. The predicted molar refractivity (Wildman–Crippen MR) is 109 cm³/mol. The van der Waals surface area contributed by atoms with E-state index >= 15 is 0 Å². The molecule has 0 bridgehead atoms. The fourth-order valence-corrected chi connectivity index (χ4v) is 5.62. The smallest absolute Gasteiger partial charge is 0.390 e. The number of nitrogens with one attached hydrogen (secondary N) is 2. The molecule has 4 aromatic rings. The van der Waals surface area contributed by atoms with Gasteiger partial charge in [0.05, 0.1) is 0 Å². The zero-order valence-electron chi connectivity index (χ0n) is 14.0. The molecule has 0 radical (unpaired) electrons. The van der Waals surface area contributed by atoms with Crippen LogP contribution in [-0.4, -0.2) is 11.1 Å². The molecule has 0 unspecified atom stereocenters. The molecule has 4 aromatic heterocycles. The minimum atomic E-state index is -0.681. The van der Waals surface area contributed by atoms with Crippen molar-refractivity contribution in [2.75, 3.05) is 0 Å². The van der Waals surface area contributed by atoms with Gasteiger partial charge >= 0.3 is 6.09 Å². The van der Waals surface area contributed by atoms with Crippen molar-refractivity contribution in [1.29, 1.82) is 0 Å². The summed E-state index contributed by atoms with van der Waals surface area (Å²) in [4.78, 5) is 19.6. The van der Waals surface area contributed by atoms with Crippen LogP contribution in [0.2, 0.25) is 0 Å². The van der Waals surface area contributed by atoms with Crippen molar-refractivity contribution in [3.05, 3.63) is 91.6 Å². The number of nitrogens with zero attached hydrogens (tertiary/aromatic N) is 1. The molecule has 0 spiro atoms. The fraction of sp³-hybridized carbons (Fsp3) is 0.0526. The Labute approximate surface area is 168 Å².